The number of nitro groups is 1. The maximum atomic E-state index is 12.0. The van der Waals surface area contributed by atoms with Crippen molar-refractivity contribution in [3.63, 3.8) is 0 Å². The van der Waals surface area contributed by atoms with Gasteiger partial charge in [-0.2, -0.15) is 5.10 Å². The van der Waals surface area contributed by atoms with Gasteiger partial charge in [-0.1, -0.05) is 39.5 Å². The lowest BCUT2D eigenvalue weighted by Gasteiger charge is -2.21. The van der Waals surface area contributed by atoms with Crippen molar-refractivity contribution >= 4 is 18.0 Å². The molecule has 8 heteroatoms. The molecule has 0 saturated carbocycles. The number of hydrogen-bond acceptors (Lipinski definition) is 6. The molecule has 0 aliphatic carbocycles. The van der Waals surface area contributed by atoms with Crippen LogP contribution in [0.4, 0.5) is 5.88 Å². The van der Waals surface area contributed by atoms with E-state index in [9.17, 15) is 14.9 Å². The van der Waals surface area contributed by atoms with Crippen LogP contribution >= 0.6 is 0 Å². The van der Waals surface area contributed by atoms with E-state index < -0.39 is 4.92 Å². The molecule has 0 aromatic carbocycles. The van der Waals surface area contributed by atoms with Crippen LogP contribution in [0, 0.1) is 10.1 Å². The van der Waals surface area contributed by atoms with Crippen LogP contribution in [-0.2, 0) is 4.79 Å². The Morgan fingerprint density at radius 3 is 2.40 bits per heavy atom. The largest absolute Gasteiger partial charge is 0.433 e. The maximum absolute atomic E-state index is 12.0. The number of hydrazone groups is 1. The molecule has 0 fully saturated rings. The first-order valence-electron chi connectivity index (χ1n) is 8.85. The second-order valence-electron chi connectivity index (χ2n) is 5.92. The number of hydrogen-bond donors (Lipinski definition) is 1. The standard InChI is InChI=1S/C17H28N4O4/c1-3-5-7-11-20(12-8-6-4-2)14-16(22)19-18-13-15-9-10-17(25-15)21(23)24/h9-10,13H,3-8,11-12,14H2,1-2H3,(H,19,22). The third kappa shape index (κ3) is 8.99. The number of nitrogens with one attached hydrogen (secondary N) is 1. The number of carbonyl (C=O) groups excluding carboxylic acids is 1. The van der Waals surface area contributed by atoms with E-state index in [0.717, 1.165) is 51.6 Å². The predicted molar refractivity (Wildman–Crippen MR) is 96.6 cm³/mol. The van der Waals surface area contributed by atoms with Gasteiger partial charge in [-0.15, -0.1) is 0 Å². The van der Waals surface area contributed by atoms with Gasteiger partial charge in [0.05, 0.1) is 18.8 Å². The SMILES string of the molecule is CCCCCN(CCCCC)CC(=O)NN=Cc1ccc([N+](=O)[O-])o1. The lowest BCUT2D eigenvalue weighted by atomic mass is 10.2. The lowest BCUT2D eigenvalue weighted by molar-refractivity contribution is -0.402. The number of nitrogens with zero attached hydrogens (tertiary/aromatic N) is 3. The first-order valence-corrected chi connectivity index (χ1v) is 8.85. The molecule has 0 bridgehead atoms. The third-order valence-corrected chi connectivity index (χ3v) is 3.70. The maximum Gasteiger partial charge on any atom is 0.433 e. The Hall–Kier alpha value is -2.22. The fourth-order valence-corrected chi connectivity index (χ4v) is 2.36. The smallest absolute Gasteiger partial charge is 0.400 e. The molecule has 1 rings (SSSR count). The van der Waals surface area contributed by atoms with Gasteiger partial charge in [0.15, 0.2) is 5.76 Å². The quantitative estimate of drug-likeness (QED) is 0.254. The molecule has 140 valence electrons. The summed E-state index contributed by atoms with van der Waals surface area (Å²) in [5, 5.41) is 14.3. The van der Waals surface area contributed by atoms with Gasteiger partial charge in [-0.25, -0.2) is 5.43 Å². The first kappa shape index (κ1) is 20.8. The summed E-state index contributed by atoms with van der Waals surface area (Å²) in [5.41, 5.74) is 2.44. The Morgan fingerprint density at radius 2 is 1.88 bits per heavy atom. The molecule has 0 saturated heterocycles. The molecule has 8 nitrogen and oxygen atoms in total. The minimum absolute atomic E-state index is 0.203. The van der Waals surface area contributed by atoms with Crippen molar-refractivity contribution < 1.29 is 14.1 Å². The summed E-state index contributed by atoms with van der Waals surface area (Å²) in [6.07, 6.45) is 8.01. The second-order valence-corrected chi connectivity index (χ2v) is 5.92. The molecule has 0 unspecified atom stereocenters. The number of unbranched alkanes of at least 4 members (excludes halogenated alkanes) is 4. The molecule has 1 aromatic rings. The zero-order valence-corrected chi connectivity index (χ0v) is 15.1. The Balaban J connectivity index is 2.42. The highest BCUT2D eigenvalue weighted by molar-refractivity contribution is 5.81. The van der Waals surface area contributed by atoms with Crippen molar-refractivity contribution in [2.45, 2.75) is 52.4 Å². The number of rotatable bonds is 13. The first-order chi connectivity index (χ1) is 12.1. The molecular formula is C17H28N4O4. The summed E-state index contributed by atoms with van der Waals surface area (Å²) in [6.45, 7) is 6.41. The monoisotopic (exact) mass is 352 g/mol. The van der Waals surface area contributed by atoms with Crippen molar-refractivity contribution in [3.05, 3.63) is 28.0 Å². The zero-order chi connectivity index (χ0) is 18.5. The number of amides is 1. The Bertz CT molecular complexity index is 547. The lowest BCUT2D eigenvalue weighted by Crippen LogP contribution is -2.36. The average Bonchev–Trinajstić information content (AvgIpc) is 3.04. The van der Waals surface area contributed by atoms with Crippen LogP contribution in [0.3, 0.4) is 0 Å². The molecular weight excluding hydrogens is 324 g/mol. The molecule has 1 aromatic heterocycles. The minimum atomic E-state index is -0.625. The molecule has 0 radical (unpaired) electrons. The van der Waals surface area contributed by atoms with Gasteiger partial charge in [0.2, 0.25) is 0 Å². The van der Waals surface area contributed by atoms with E-state index in [1.165, 1.54) is 18.3 Å². The average molecular weight is 352 g/mol. The van der Waals surface area contributed by atoms with Gasteiger partial charge in [-0.3, -0.25) is 19.8 Å². The molecule has 0 spiro atoms. The van der Waals surface area contributed by atoms with Crippen LogP contribution in [0.15, 0.2) is 21.7 Å². The normalized spacial score (nSPS) is 11.3. The molecule has 25 heavy (non-hydrogen) atoms. The van der Waals surface area contributed by atoms with Crippen LogP contribution in [0.2, 0.25) is 0 Å². The Morgan fingerprint density at radius 1 is 1.24 bits per heavy atom. The van der Waals surface area contributed by atoms with E-state index in [4.69, 9.17) is 4.42 Å². The molecule has 1 amide bonds. The zero-order valence-electron chi connectivity index (χ0n) is 15.1. The fraction of sp³-hybridized carbons (Fsp3) is 0.647. The van der Waals surface area contributed by atoms with Crippen molar-refractivity contribution in [3.8, 4) is 0 Å². The van der Waals surface area contributed by atoms with Crippen molar-refractivity contribution in [2.75, 3.05) is 19.6 Å². The van der Waals surface area contributed by atoms with Crippen molar-refractivity contribution in [2.24, 2.45) is 5.10 Å². The second kappa shape index (κ2) is 12.2. The summed E-state index contributed by atoms with van der Waals surface area (Å²) in [4.78, 5) is 24.1. The van der Waals surface area contributed by atoms with Gasteiger partial charge in [0.1, 0.15) is 4.92 Å². The van der Waals surface area contributed by atoms with E-state index in [-0.39, 0.29) is 17.6 Å². The van der Waals surface area contributed by atoms with Crippen LogP contribution in [0.1, 0.15) is 58.1 Å². The molecule has 1 heterocycles. The summed E-state index contributed by atoms with van der Waals surface area (Å²) >= 11 is 0. The van der Waals surface area contributed by atoms with E-state index in [1.54, 1.807) is 0 Å². The summed E-state index contributed by atoms with van der Waals surface area (Å²) in [5.74, 6) is -0.342. The molecule has 0 atom stereocenters. The number of carbonyl (C=O) groups is 1. The minimum Gasteiger partial charge on any atom is -0.400 e. The van der Waals surface area contributed by atoms with Crippen molar-refractivity contribution in [1.29, 1.82) is 0 Å². The Labute approximate surface area is 148 Å². The van der Waals surface area contributed by atoms with Crippen LogP contribution in [0.25, 0.3) is 0 Å². The van der Waals surface area contributed by atoms with Crippen LogP contribution in [0.5, 0.6) is 0 Å². The number of furan rings is 1. The highest BCUT2D eigenvalue weighted by atomic mass is 16.6. The van der Waals surface area contributed by atoms with E-state index in [2.05, 4.69) is 29.3 Å². The highest BCUT2D eigenvalue weighted by Gasteiger charge is 2.11. The van der Waals surface area contributed by atoms with Crippen LogP contribution in [-0.4, -0.2) is 41.6 Å². The fourth-order valence-electron chi connectivity index (χ4n) is 2.36. The summed E-state index contributed by atoms with van der Waals surface area (Å²) in [7, 11) is 0. The summed E-state index contributed by atoms with van der Waals surface area (Å²) in [6, 6.07) is 2.67. The van der Waals surface area contributed by atoms with Crippen LogP contribution < -0.4 is 5.43 Å². The topological polar surface area (TPSA) is 101 Å². The van der Waals surface area contributed by atoms with Gasteiger partial charge in [-0.05, 0) is 32.0 Å². The van der Waals surface area contributed by atoms with Gasteiger partial charge >= 0.3 is 5.88 Å². The van der Waals surface area contributed by atoms with E-state index in [0.29, 0.717) is 6.54 Å². The summed E-state index contributed by atoms with van der Waals surface area (Å²) < 4.78 is 4.93. The molecule has 0 aliphatic heterocycles. The highest BCUT2D eigenvalue weighted by Crippen LogP contribution is 2.13. The molecule has 1 N–H and O–H groups in total. The van der Waals surface area contributed by atoms with E-state index >= 15 is 0 Å². The van der Waals surface area contributed by atoms with Gasteiger partial charge in [0.25, 0.3) is 5.91 Å². The predicted octanol–water partition coefficient (Wildman–Crippen LogP) is 3.32. The van der Waals surface area contributed by atoms with Gasteiger partial charge < -0.3 is 4.42 Å². The van der Waals surface area contributed by atoms with Crippen molar-refractivity contribution in [1.82, 2.24) is 10.3 Å². The van der Waals surface area contributed by atoms with Gasteiger partial charge in [0, 0.05) is 0 Å². The third-order valence-electron chi connectivity index (χ3n) is 3.70. The van der Waals surface area contributed by atoms with E-state index in [1.807, 2.05) is 0 Å². The Kier molecular flexibility index (Phi) is 10.2. The molecule has 0 aliphatic rings.